The number of alkyl halides is 3. The highest BCUT2D eigenvalue weighted by molar-refractivity contribution is 5.90. The van der Waals surface area contributed by atoms with Crippen molar-refractivity contribution < 1.29 is 22.5 Å². The number of rotatable bonds is 3. The maximum absolute atomic E-state index is 12.9. The van der Waals surface area contributed by atoms with Crippen molar-refractivity contribution in [2.45, 2.75) is 12.7 Å². The summed E-state index contributed by atoms with van der Waals surface area (Å²) in [6, 6.07) is 14.4. The first-order valence-corrected chi connectivity index (χ1v) is 7.27. The Labute approximate surface area is 136 Å². The van der Waals surface area contributed by atoms with Crippen LogP contribution in [0.2, 0.25) is 0 Å². The highest BCUT2D eigenvalue weighted by Crippen LogP contribution is 2.34. The fourth-order valence-corrected chi connectivity index (χ4v) is 2.47. The van der Waals surface area contributed by atoms with Crippen molar-refractivity contribution in [3.8, 4) is 0 Å². The molecule has 2 aromatic carbocycles. The Morgan fingerprint density at radius 2 is 1.62 bits per heavy atom. The molecule has 0 bridgehead atoms. The minimum Gasteiger partial charge on any atom is -0.320 e. The van der Waals surface area contributed by atoms with E-state index in [4.69, 9.17) is 0 Å². The third kappa shape index (κ3) is 3.53. The van der Waals surface area contributed by atoms with E-state index in [0.717, 1.165) is 16.8 Å². The van der Waals surface area contributed by atoms with Crippen molar-refractivity contribution in [1.82, 2.24) is 0 Å². The zero-order chi connectivity index (χ0) is 17.2. The first-order valence-electron chi connectivity index (χ1n) is 7.27. The van der Waals surface area contributed by atoms with Gasteiger partial charge in [-0.05, 0) is 23.6 Å². The molecule has 0 fully saturated rings. The van der Waals surface area contributed by atoms with Crippen LogP contribution in [-0.2, 0) is 17.5 Å². The number of hydrogen-bond donors (Lipinski definition) is 1. The quantitative estimate of drug-likeness (QED) is 0.728. The van der Waals surface area contributed by atoms with E-state index in [1.54, 1.807) is 17.0 Å². The number of nitrogens with zero attached hydrogens (tertiary/aromatic N) is 1. The highest BCUT2D eigenvalue weighted by Gasteiger charge is 2.33. The number of nitrogens with one attached hydrogen (secondary N) is 1. The molecule has 3 rings (SSSR count). The number of pyridine rings is 1. The lowest BCUT2D eigenvalue weighted by molar-refractivity contribution is -0.682. The summed E-state index contributed by atoms with van der Waals surface area (Å²) >= 11 is 0. The topological polar surface area (TPSA) is 33.0 Å². The second-order valence-electron chi connectivity index (χ2n) is 5.34. The first kappa shape index (κ1) is 16.0. The van der Waals surface area contributed by atoms with Crippen LogP contribution in [0.25, 0.3) is 10.8 Å². The number of halogens is 3. The van der Waals surface area contributed by atoms with Gasteiger partial charge in [0.2, 0.25) is 6.54 Å². The van der Waals surface area contributed by atoms with Crippen molar-refractivity contribution in [2.75, 3.05) is 5.32 Å². The minimum absolute atomic E-state index is 0.0724. The SMILES string of the molecule is O=C(C[n+]1ccc2ccccc2c1)Nc1ccccc1C(F)(F)F. The summed E-state index contributed by atoms with van der Waals surface area (Å²) in [5.41, 5.74) is -1.10. The molecule has 0 saturated carbocycles. The Balaban J connectivity index is 1.78. The molecule has 1 aromatic heterocycles. The van der Waals surface area contributed by atoms with Crippen LogP contribution in [-0.4, -0.2) is 5.91 Å². The average Bonchev–Trinajstić information content (AvgIpc) is 2.54. The molecule has 0 aliphatic heterocycles. The molecule has 1 heterocycles. The molecule has 0 aliphatic carbocycles. The van der Waals surface area contributed by atoms with Crippen LogP contribution in [0.3, 0.4) is 0 Å². The highest BCUT2D eigenvalue weighted by atomic mass is 19.4. The number of fused-ring (bicyclic) bond motifs is 1. The summed E-state index contributed by atoms with van der Waals surface area (Å²) in [7, 11) is 0. The number of carbonyl (C=O) groups is 1. The largest absolute Gasteiger partial charge is 0.418 e. The molecule has 0 spiro atoms. The molecule has 24 heavy (non-hydrogen) atoms. The van der Waals surface area contributed by atoms with Gasteiger partial charge >= 0.3 is 6.18 Å². The number of benzene rings is 2. The van der Waals surface area contributed by atoms with Gasteiger partial charge in [0, 0.05) is 11.5 Å². The van der Waals surface area contributed by atoms with Gasteiger partial charge in [-0.3, -0.25) is 4.79 Å². The maximum atomic E-state index is 12.9. The van der Waals surface area contributed by atoms with E-state index >= 15 is 0 Å². The van der Waals surface area contributed by atoms with Gasteiger partial charge in [-0.2, -0.15) is 17.7 Å². The molecule has 0 aliphatic rings. The number of amides is 1. The van der Waals surface area contributed by atoms with Gasteiger partial charge in [0.15, 0.2) is 12.4 Å². The summed E-state index contributed by atoms with van der Waals surface area (Å²) in [5, 5.41) is 4.31. The zero-order valence-electron chi connectivity index (χ0n) is 12.5. The van der Waals surface area contributed by atoms with E-state index in [1.807, 2.05) is 30.3 Å². The van der Waals surface area contributed by atoms with Crippen LogP contribution in [0.4, 0.5) is 18.9 Å². The van der Waals surface area contributed by atoms with Crippen LogP contribution in [0.15, 0.2) is 67.0 Å². The van der Waals surface area contributed by atoms with Crippen LogP contribution in [0.1, 0.15) is 5.56 Å². The van der Waals surface area contributed by atoms with Crippen LogP contribution >= 0.6 is 0 Å². The van der Waals surface area contributed by atoms with Gasteiger partial charge in [0.25, 0.3) is 5.91 Å². The number of aromatic nitrogens is 1. The number of hydrogen-bond acceptors (Lipinski definition) is 1. The number of para-hydroxylation sites is 1. The molecule has 6 heteroatoms. The maximum Gasteiger partial charge on any atom is 0.418 e. The fraction of sp³-hybridized carbons (Fsp3) is 0.111. The third-order valence-electron chi connectivity index (χ3n) is 3.58. The summed E-state index contributed by atoms with van der Waals surface area (Å²) in [4.78, 5) is 12.1. The van der Waals surface area contributed by atoms with Gasteiger partial charge < -0.3 is 5.32 Å². The third-order valence-corrected chi connectivity index (χ3v) is 3.58. The van der Waals surface area contributed by atoms with E-state index < -0.39 is 17.6 Å². The predicted molar refractivity (Wildman–Crippen MR) is 84.2 cm³/mol. The Morgan fingerprint density at radius 1 is 0.958 bits per heavy atom. The molecular weight excluding hydrogens is 317 g/mol. The zero-order valence-corrected chi connectivity index (χ0v) is 12.5. The van der Waals surface area contributed by atoms with Crippen LogP contribution in [0, 0.1) is 0 Å². The second-order valence-corrected chi connectivity index (χ2v) is 5.34. The van der Waals surface area contributed by atoms with Gasteiger partial charge in [0.1, 0.15) is 0 Å². The second kappa shape index (κ2) is 6.31. The molecule has 1 amide bonds. The predicted octanol–water partition coefficient (Wildman–Crippen LogP) is 3.78. The molecule has 122 valence electrons. The van der Waals surface area contributed by atoms with Crippen LogP contribution < -0.4 is 9.88 Å². The Kier molecular flexibility index (Phi) is 4.20. The molecule has 0 atom stereocenters. The standard InChI is InChI=1S/C18H13F3N2O/c19-18(20,21)15-7-3-4-8-16(15)22-17(24)12-23-10-9-13-5-1-2-6-14(13)11-23/h1-11H,12H2/p+1. The molecule has 1 N–H and O–H groups in total. The number of anilines is 1. The average molecular weight is 331 g/mol. The summed E-state index contributed by atoms with van der Waals surface area (Å²) in [5.74, 6) is -0.521. The lowest BCUT2D eigenvalue weighted by atomic mass is 10.1. The number of carbonyl (C=O) groups excluding carboxylic acids is 1. The van der Waals surface area contributed by atoms with Crippen molar-refractivity contribution in [1.29, 1.82) is 0 Å². The minimum atomic E-state index is -4.51. The summed E-state index contributed by atoms with van der Waals surface area (Å²) in [6.07, 6.45) is -1.01. The van der Waals surface area contributed by atoms with Crippen molar-refractivity contribution in [3.63, 3.8) is 0 Å². The van der Waals surface area contributed by atoms with E-state index in [-0.39, 0.29) is 12.2 Å². The smallest absolute Gasteiger partial charge is 0.320 e. The van der Waals surface area contributed by atoms with E-state index in [0.29, 0.717) is 0 Å². The Morgan fingerprint density at radius 3 is 2.38 bits per heavy atom. The lowest BCUT2D eigenvalue weighted by Gasteiger charge is -2.12. The van der Waals surface area contributed by atoms with Crippen molar-refractivity contribution in [2.24, 2.45) is 0 Å². The van der Waals surface area contributed by atoms with Crippen molar-refractivity contribution in [3.05, 3.63) is 72.6 Å². The van der Waals surface area contributed by atoms with Crippen LogP contribution in [0.5, 0.6) is 0 Å². The Hall–Kier alpha value is -2.89. The molecule has 0 radical (unpaired) electrons. The monoisotopic (exact) mass is 331 g/mol. The molecule has 0 saturated heterocycles. The normalized spacial score (nSPS) is 11.5. The first-order chi connectivity index (χ1) is 11.4. The van der Waals surface area contributed by atoms with E-state index in [2.05, 4.69) is 5.32 Å². The van der Waals surface area contributed by atoms with Gasteiger partial charge in [-0.15, -0.1) is 0 Å². The molecule has 3 nitrogen and oxygen atoms in total. The molecule has 0 unspecified atom stereocenters. The summed E-state index contributed by atoms with van der Waals surface area (Å²) < 4.78 is 40.5. The van der Waals surface area contributed by atoms with Crippen molar-refractivity contribution >= 4 is 22.4 Å². The van der Waals surface area contributed by atoms with E-state index in [1.165, 1.54) is 18.2 Å². The molecule has 3 aromatic rings. The Bertz CT molecular complexity index is 891. The van der Waals surface area contributed by atoms with Gasteiger partial charge in [-0.1, -0.05) is 30.3 Å². The van der Waals surface area contributed by atoms with Gasteiger partial charge in [0.05, 0.1) is 11.3 Å². The fourth-order valence-electron chi connectivity index (χ4n) is 2.47. The van der Waals surface area contributed by atoms with E-state index in [9.17, 15) is 18.0 Å². The summed E-state index contributed by atoms with van der Waals surface area (Å²) in [6.45, 7) is -0.0724. The molecular formula is C18H14F3N2O+. The van der Waals surface area contributed by atoms with Gasteiger partial charge in [-0.25, -0.2) is 0 Å². The lowest BCUT2D eigenvalue weighted by Crippen LogP contribution is -2.39.